The highest BCUT2D eigenvalue weighted by Crippen LogP contribution is 2.53. The van der Waals surface area contributed by atoms with E-state index in [0.29, 0.717) is 25.0 Å². The fourth-order valence-electron chi connectivity index (χ4n) is 1.78. The SMILES string of the molecule is CCCCc1[c]c(I)cc(C(F)(C(F)(F)F)C(F)(F)F)c1. The monoisotopic (exact) mass is 427 g/mol. The number of aryl methyl sites for hydroxylation is 1. The van der Waals surface area contributed by atoms with Crippen LogP contribution >= 0.6 is 22.6 Å². The summed E-state index contributed by atoms with van der Waals surface area (Å²) >= 11 is 1.52. The molecular weight excluding hydrogens is 416 g/mol. The number of halogens is 8. The molecule has 8 heteroatoms. The molecule has 0 amide bonds. The van der Waals surface area contributed by atoms with Gasteiger partial charge in [-0.3, -0.25) is 0 Å². The van der Waals surface area contributed by atoms with E-state index >= 15 is 0 Å². The number of unbranched alkanes of at least 4 members (excludes halogenated alkanes) is 1. The average Bonchev–Trinajstić information content (AvgIpc) is 2.31. The zero-order valence-electron chi connectivity index (χ0n) is 10.8. The van der Waals surface area contributed by atoms with Crippen molar-refractivity contribution in [3.63, 3.8) is 0 Å². The molecular formula is C13H11F7I. The van der Waals surface area contributed by atoms with E-state index in [4.69, 9.17) is 0 Å². The zero-order valence-corrected chi connectivity index (χ0v) is 13.0. The van der Waals surface area contributed by atoms with Crippen LogP contribution in [0.4, 0.5) is 30.7 Å². The van der Waals surface area contributed by atoms with Gasteiger partial charge in [0.2, 0.25) is 0 Å². The first kappa shape index (κ1) is 18.5. The maximum absolute atomic E-state index is 14.0. The van der Waals surface area contributed by atoms with Gasteiger partial charge < -0.3 is 0 Å². The molecule has 0 N–H and O–H groups in total. The Kier molecular flexibility index (Phi) is 5.55. The van der Waals surface area contributed by atoms with Gasteiger partial charge in [0.1, 0.15) is 0 Å². The van der Waals surface area contributed by atoms with Crippen molar-refractivity contribution in [1.29, 1.82) is 0 Å². The van der Waals surface area contributed by atoms with Gasteiger partial charge in [-0.05, 0) is 53.1 Å². The Morgan fingerprint density at radius 2 is 1.52 bits per heavy atom. The second-order valence-corrected chi connectivity index (χ2v) is 5.66. The van der Waals surface area contributed by atoms with E-state index in [9.17, 15) is 30.7 Å². The summed E-state index contributed by atoms with van der Waals surface area (Å²) in [5.74, 6) is 0. The molecule has 0 saturated carbocycles. The average molecular weight is 427 g/mol. The van der Waals surface area contributed by atoms with Crippen molar-refractivity contribution in [2.45, 2.75) is 44.2 Å². The third kappa shape index (κ3) is 3.81. The van der Waals surface area contributed by atoms with Crippen LogP contribution in [0.15, 0.2) is 12.1 Å². The smallest absolute Gasteiger partial charge is 0.218 e. The molecule has 21 heavy (non-hydrogen) atoms. The molecule has 0 aliphatic rings. The maximum Gasteiger partial charge on any atom is 0.435 e. The molecule has 1 aromatic carbocycles. The van der Waals surface area contributed by atoms with E-state index in [2.05, 4.69) is 6.07 Å². The quantitative estimate of drug-likeness (QED) is 0.426. The molecule has 0 fully saturated rings. The third-order valence-corrected chi connectivity index (χ3v) is 3.45. The van der Waals surface area contributed by atoms with Crippen molar-refractivity contribution in [3.8, 4) is 0 Å². The Hall–Kier alpha value is -0.540. The second kappa shape index (κ2) is 6.29. The standard InChI is InChI=1S/C13H11F7I/c1-2-3-4-8-5-9(7-10(21)6-8)11(14,12(15,16)17)13(18,19)20/h5,7H,2-4H2,1H3. The third-order valence-electron chi connectivity index (χ3n) is 2.87. The zero-order chi connectivity index (χ0) is 16.5. The van der Waals surface area contributed by atoms with Gasteiger partial charge >= 0.3 is 18.0 Å². The highest BCUT2D eigenvalue weighted by atomic mass is 127. The summed E-state index contributed by atoms with van der Waals surface area (Å²) in [5, 5.41) is 0. The first-order chi connectivity index (χ1) is 9.43. The van der Waals surface area contributed by atoms with Crippen LogP contribution in [0, 0.1) is 9.64 Å². The fourth-order valence-corrected chi connectivity index (χ4v) is 2.46. The second-order valence-electron chi connectivity index (χ2n) is 4.50. The number of hydrogen-bond donors (Lipinski definition) is 0. The van der Waals surface area contributed by atoms with Crippen molar-refractivity contribution in [3.05, 3.63) is 32.9 Å². The lowest BCUT2D eigenvalue weighted by molar-refractivity contribution is -0.348. The van der Waals surface area contributed by atoms with Crippen LogP contribution in [0.5, 0.6) is 0 Å². The van der Waals surface area contributed by atoms with E-state index in [1.165, 1.54) is 22.6 Å². The van der Waals surface area contributed by atoms with Crippen LogP contribution in [0.1, 0.15) is 30.9 Å². The molecule has 0 nitrogen and oxygen atoms in total. The largest absolute Gasteiger partial charge is 0.435 e. The van der Waals surface area contributed by atoms with Crippen molar-refractivity contribution in [2.75, 3.05) is 0 Å². The van der Waals surface area contributed by atoms with Gasteiger partial charge in [-0.25, -0.2) is 4.39 Å². The van der Waals surface area contributed by atoms with E-state index in [1.54, 1.807) is 0 Å². The number of hydrogen-bond acceptors (Lipinski definition) is 0. The minimum Gasteiger partial charge on any atom is -0.218 e. The Bertz CT molecular complexity index is 476. The lowest BCUT2D eigenvalue weighted by Gasteiger charge is -2.30. The van der Waals surface area contributed by atoms with Crippen molar-refractivity contribution >= 4 is 22.6 Å². The summed E-state index contributed by atoms with van der Waals surface area (Å²) in [6.07, 6.45) is -10.7. The minimum atomic E-state index is -6.09. The van der Waals surface area contributed by atoms with Gasteiger partial charge in [0.15, 0.2) is 0 Å². The molecule has 0 saturated heterocycles. The maximum atomic E-state index is 14.0. The highest BCUT2D eigenvalue weighted by molar-refractivity contribution is 14.1. The molecule has 0 atom stereocenters. The fraction of sp³-hybridized carbons (Fsp3) is 0.538. The van der Waals surface area contributed by atoms with Gasteiger partial charge in [0.05, 0.1) is 0 Å². The van der Waals surface area contributed by atoms with Gasteiger partial charge in [-0.1, -0.05) is 19.4 Å². The molecule has 0 aliphatic carbocycles. The van der Waals surface area contributed by atoms with Crippen LogP contribution < -0.4 is 0 Å². The number of rotatable bonds is 4. The number of alkyl halides is 7. The van der Waals surface area contributed by atoms with Crippen molar-refractivity contribution in [1.82, 2.24) is 0 Å². The molecule has 1 radical (unpaired) electrons. The van der Waals surface area contributed by atoms with Gasteiger partial charge in [0.25, 0.3) is 0 Å². The molecule has 0 aromatic heterocycles. The summed E-state index contributed by atoms with van der Waals surface area (Å²) in [5.41, 5.74) is -6.69. The topological polar surface area (TPSA) is 0 Å². The summed E-state index contributed by atoms with van der Waals surface area (Å²) in [7, 11) is 0. The molecule has 0 heterocycles. The molecule has 0 aliphatic heterocycles. The molecule has 119 valence electrons. The lowest BCUT2D eigenvalue weighted by Crippen LogP contribution is -2.50. The van der Waals surface area contributed by atoms with Crippen LogP contribution in [0.2, 0.25) is 0 Å². The predicted octanol–water partition coefficient (Wildman–Crippen LogP) is 5.72. The van der Waals surface area contributed by atoms with Crippen LogP contribution in [0.3, 0.4) is 0 Å². The van der Waals surface area contributed by atoms with Crippen molar-refractivity contribution in [2.24, 2.45) is 0 Å². The Morgan fingerprint density at radius 1 is 1.00 bits per heavy atom. The van der Waals surface area contributed by atoms with Gasteiger partial charge in [-0.2, -0.15) is 26.3 Å². The molecule has 0 unspecified atom stereocenters. The Balaban J connectivity index is 3.43. The molecule has 1 rings (SSSR count). The summed E-state index contributed by atoms with van der Waals surface area (Å²) in [6, 6.07) is 3.76. The Labute approximate surface area is 130 Å². The molecule has 0 bridgehead atoms. The summed E-state index contributed by atoms with van der Waals surface area (Å²) in [6.45, 7) is 1.82. The molecule has 1 aromatic rings. The van der Waals surface area contributed by atoms with Crippen LogP contribution in [-0.4, -0.2) is 12.4 Å². The summed E-state index contributed by atoms with van der Waals surface area (Å²) in [4.78, 5) is 0. The van der Waals surface area contributed by atoms with E-state index < -0.39 is 23.6 Å². The number of benzene rings is 1. The Morgan fingerprint density at radius 3 is 1.95 bits per heavy atom. The first-order valence-corrected chi connectivity index (χ1v) is 7.06. The predicted molar refractivity (Wildman–Crippen MR) is 71.5 cm³/mol. The van der Waals surface area contributed by atoms with Crippen LogP contribution in [-0.2, 0) is 12.1 Å². The van der Waals surface area contributed by atoms with Crippen LogP contribution in [0.25, 0.3) is 0 Å². The van der Waals surface area contributed by atoms with E-state index in [1.807, 2.05) is 6.92 Å². The van der Waals surface area contributed by atoms with E-state index in [0.717, 1.165) is 0 Å². The van der Waals surface area contributed by atoms with Gasteiger partial charge in [-0.15, -0.1) is 0 Å². The van der Waals surface area contributed by atoms with Crippen molar-refractivity contribution < 1.29 is 30.7 Å². The lowest BCUT2D eigenvalue weighted by atomic mass is 9.92. The summed E-state index contributed by atoms with van der Waals surface area (Å²) < 4.78 is 90.1. The minimum absolute atomic E-state index is 0.00623. The van der Waals surface area contributed by atoms with Gasteiger partial charge in [0, 0.05) is 9.13 Å². The normalized spacial score (nSPS) is 13.6. The van der Waals surface area contributed by atoms with E-state index in [-0.39, 0.29) is 15.6 Å². The first-order valence-electron chi connectivity index (χ1n) is 5.98. The highest BCUT2D eigenvalue weighted by Gasteiger charge is 2.73. The molecule has 0 spiro atoms.